The number of nitrogens with zero attached hydrogens (tertiary/aromatic N) is 3. The van der Waals surface area contributed by atoms with E-state index in [0.717, 1.165) is 31.4 Å². The minimum absolute atomic E-state index is 0.103. The number of halogens is 1. The zero-order chi connectivity index (χ0) is 36.7. The van der Waals surface area contributed by atoms with Crippen molar-refractivity contribution in [2.24, 2.45) is 22.2 Å². The summed E-state index contributed by atoms with van der Waals surface area (Å²) in [5.74, 6) is -2.59. The Morgan fingerprint density at radius 3 is 1.92 bits per heavy atom. The van der Waals surface area contributed by atoms with Gasteiger partial charge in [-0.25, -0.2) is 0 Å². The predicted molar refractivity (Wildman–Crippen MR) is 200 cm³/mol. The number of hydrogen-bond donors (Lipinski definition) is 5. The van der Waals surface area contributed by atoms with Crippen molar-refractivity contribution in [2.75, 3.05) is 6.54 Å². The molecule has 3 aromatic rings. The molecule has 2 aliphatic heterocycles. The highest BCUT2D eigenvalue weighted by Gasteiger charge is 2.39. The van der Waals surface area contributed by atoms with Crippen LogP contribution in [0.3, 0.4) is 0 Å². The first-order valence-corrected chi connectivity index (χ1v) is 17.9. The number of rotatable bonds is 12. The molecule has 0 fully saturated rings. The third kappa shape index (κ3) is 9.42. The minimum atomic E-state index is -1.11. The van der Waals surface area contributed by atoms with Crippen LogP contribution in [0, 0.1) is 3.57 Å². The van der Waals surface area contributed by atoms with Crippen molar-refractivity contribution in [3.8, 4) is 0 Å². The Morgan fingerprint density at radius 2 is 1.35 bits per heavy atom. The maximum Gasteiger partial charge on any atom is 0.246 e. The van der Waals surface area contributed by atoms with Gasteiger partial charge >= 0.3 is 0 Å². The van der Waals surface area contributed by atoms with Gasteiger partial charge in [-0.1, -0.05) is 60.7 Å². The summed E-state index contributed by atoms with van der Waals surface area (Å²) in [6.45, 7) is 2.03. The minimum Gasteiger partial charge on any atom is -0.370 e. The molecular formula is C37H43IN8O5. The van der Waals surface area contributed by atoms with Crippen LogP contribution in [0.25, 0.3) is 0 Å². The number of amides is 5. The summed E-state index contributed by atoms with van der Waals surface area (Å²) in [5, 5.41) is 5.80. The van der Waals surface area contributed by atoms with E-state index in [2.05, 4.69) is 38.2 Å². The van der Waals surface area contributed by atoms with E-state index in [4.69, 9.17) is 17.2 Å². The maximum atomic E-state index is 14.3. The number of aliphatic imine (C=N–C) groups is 1. The molecule has 0 aliphatic carbocycles. The highest BCUT2D eigenvalue weighted by atomic mass is 127. The average Bonchev–Trinajstić information content (AvgIpc) is 3.11. The molecule has 0 saturated carbocycles. The monoisotopic (exact) mass is 806 g/mol. The van der Waals surface area contributed by atoms with Gasteiger partial charge in [0.1, 0.15) is 24.2 Å². The number of benzene rings is 3. The van der Waals surface area contributed by atoms with E-state index >= 15 is 0 Å². The predicted octanol–water partition coefficient (Wildman–Crippen LogP) is 1.27. The lowest BCUT2D eigenvalue weighted by Crippen LogP contribution is -2.60. The molecule has 14 heteroatoms. The number of hydrogen-bond acceptors (Lipinski definition) is 6. The zero-order valence-electron chi connectivity index (χ0n) is 28.4. The first kappa shape index (κ1) is 37.3. The maximum absolute atomic E-state index is 14.3. The van der Waals surface area contributed by atoms with Crippen LogP contribution in [0.2, 0.25) is 0 Å². The quantitative estimate of drug-likeness (QED) is 0.0784. The van der Waals surface area contributed by atoms with Gasteiger partial charge in [-0.3, -0.25) is 29.0 Å². The number of carbonyl (C=O) groups is 5. The van der Waals surface area contributed by atoms with E-state index in [1.807, 2.05) is 72.8 Å². The van der Waals surface area contributed by atoms with Crippen molar-refractivity contribution in [2.45, 2.75) is 76.3 Å². The fourth-order valence-corrected chi connectivity index (χ4v) is 7.02. The number of nitrogens with two attached hydrogens (primary N) is 3. The topological polar surface area (TPSA) is 206 Å². The lowest BCUT2D eigenvalue weighted by atomic mass is 9.92. The first-order chi connectivity index (χ1) is 24.4. The van der Waals surface area contributed by atoms with Crippen molar-refractivity contribution in [1.82, 2.24) is 20.4 Å². The largest absolute Gasteiger partial charge is 0.370 e. The van der Waals surface area contributed by atoms with Crippen LogP contribution in [-0.2, 0) is 56.3 Å². The normalized spacial score (nSPS) is 17.6. The van der Waals surface area contributed by atoms with Crippen LogP contribution in [0.15, 0.2) is 77.8 Å². The molecule has 0 spiro atoms. The van der Waals surface area contributed by atoms with Gasteiger partial charge in [0.05, 0.1) is 0 Å². The number of primary amides is 1. The molecule has 4 atom stereocenters. The Bertz CT molecular complexity index is 1810. The second kappa shape index (κ2) is 16.8. The van der Waals surface area contributed by atoms with E-state index in [9.17, 15) is 24.0 Å². The molecule has 0 saturated heterocycles. The van der Waals surface area contributed by atoms with Crippen molar-refractivity contribution in [3.63, 3.8) is 0 Å². The van der Waals surface area contributed by atoms with Crippen LogP contribution in [0.5, 0.6) is 0 Å². The van der Waals surface area contributed by atoms with E-state index in [1.54, 1.807) is 0 Å². The van der Waals surface area contributed by atoms with Gasteiger partial charge in [-0.05, 0) is 75.4 Å². The van der Waals surface area contributed by atoms with E-state index in [1.165, 1.54) is 16.7 Å². The number of guanidine groups is 1. The summed E-state index contributed by atoms with van der Waals surface area (Å²) in [6.07, 6.45) is 1.13. The molecular weight excluding hydrogens is 763 g/mol. The number of fused-ring (bicyclic) bond motifs is 2. The van der Waals surface area contributed by atoms with Crippen LogP contribution < -0.4 is 27.8 Å². The van der Waals surface area contributed by atoms with Gasteiger partial charge in [0, 0.05) is 49.4 Å². The van der Waals surface area contributed by atoms with Crippen molar-refractivity contribution >= 4 is 58.1 Å². The average molecular weight is 807 g/mol. The Kier molecular flexibility index (Phi) is 12.3. The van der Waals surface area contributed by atoms with E-state index in [0.29, 0.717) is 6.42 Å². The molecule has 2 aliphatic rings. The Labute approximate surface area is 310 Å². The van der Waals surface area contributed by atoms with Gasteiger partial charge < -0.3 is 37.6 Å². The number of carbonyl (C=O) groups excluding carboxylic acids is 5. The van der Waals surface area contributed by atoms with Crippen LogP contribution in [-0.4, -0.2) is 76.0 Å². The van der Waals surface area contributed by atoms with Crippen LogP contribution in [0.4, 0.5) is 0 Å². The lowest BCUT2D eigenvalue weighted by Gasteiger charge is -2.38. The molecule has 5 rings (SSSR count). The second-order valence-corrected chi connectivity index (χ2v) is 14.1. The van der Waals surface area contributed by atoms with Gasteiger partial charge in [-0.15, -0.1) is 0 Å². The summed E-state index contributed by atoms with van der Waals surface area (Å²) in [6, 6.07) is 18.7. The highest BCUT2D eigenvalue weighted by molar-refractivity contribution is 14.1. The molecule has 0 bridgehead atoms. The fourth-order valence-electron chi connectivity index (χ4n) is 6.66. The second-order valence-electron chi connectivity index (χ2n) is 12.9. The molecule has 3 aromatic carbocycles. The fraction of sp³-hybridized carbons (Fsp3) is 0.351. The van der Waals surface area contributed by atoms with Crippen LogP contribution >= 0.6 is 22.6 Å². The van der Waals surface area contributed by atoms with Gasteiger partial charge in [0.15, 0.2) is 5.96 Å². The SMILES string of the molecule is CC(=O)N1Cc2ccccc2CC1C(=O)N[C@H](Cc1ccc(I)cc1)C(=O)N[C@@H](CCCN=C(N)N)C(=O)N1Cc2ccccc2CC1C(N)=O. The number of nitrogens with one attached hydrogen (secondary N) is 2. The van der Waals surface area contributed by atoms with Crippen molar-refractivity contribution < 1.29 is 24.0 Å². The summed E-state index contributed by atoms with van der Waals surface area (Å²) in [7, 11) is 0. The van der Waals surface area contributed by atoms with Crippen LogP contribution in [0.1, 0.15) is 47.6 Å². The Balaban J connectivity index is 1.42. The van der Waals surface area contributed by atoms with Crippen molar-refractivity contribution in [3.05, 3.63) is 104 Å². The zero-order valence-corrected chi connectivity index (χ0v) is 30.5. The molecule has 268 valence electrons. The molecule has 0 aromatic heterocycles. The van der Waals surface area contributed by atoms with Gasteiger partial charge in [-0.2, -0.15) is 0 Å². The lowest BCUT2D eigenvalue weighted by molar-refractivity contribution is -0.144. The van der Waals surface area contributed by atoms with E-state index in [-0.39, 0.29) is 57.2 Å². The standard InChI is InChI=1S/C37H43IN8O5/c1-22(47)45-20-26-9-4-3-8-25(26)19-32(45)35(50)44-30(17-23-12-14-28(38)15-13-23)34(49)43-29(11-6-16-42-37(40)41)36(51)46-21-27-10-5-2-7-24(27)18-31(46)33(39)48/h2-5,7-10,12-15,29-32H,6,11,16-21H2,1H3,(H2,39,48)(H,43,49)(H,44,50)(H4,40,41,42)/t29-,30+,31?,32?/m0/s1. The third-order valence-corrected chi connectivity index (χ3v) is 10.1. The molecule has 8 N–H and O–H groups in total. The smallest absolute Gasteiger partial charge is 0.246 e. The molecule has 51 heavy (non-hydrogen) atoms. The summed E-state index contributed by atoms with van der Waals surface area (Å²) in [5.41, 5.74) is 21.3. The summed E-state index contributed by atoms with van der Waals surface area (Å²) < 4.78 is 0.998. The van der Waals surface area contributed by atoms with Crippen molar-refractivity contribution in [1.29, 1.82) is 0 Å². The Morgan fingerprint density at radius 1 is 0.784 bits per heavy atom. The molecule has 0 radical (unpaired) electrons. The van der Waals surface area contributed by atoms with E-state index < -0.39 is 47.8 Å². The van der Waals surface area contributed by atoms with Gasteiger partial charge in [0.2, 0.25) is 29.5 Å². The molecule has 5 amide bonds. The summed E-state index contributed by atoms with van der Waals surface area (Å²) in [4.78, 5) is 74.9. The third-order valence-electron chi connectivity index (χ3n) is 9.36. The summed E-state index contributed by atoms with van der Waals surface area (Å²) >= 11 is 2.19. The Hall–Kier alpha value is -4.99. The molecule has 13 nitrogen and oxygen atoms in total. The molecule has 2 unspecified atom stereocenters. The highest BCUT2D eigenvalue weighted by Crippen LogP contribution is 2.26. The van der Waals surface area contributed by atoms with Gasteiger partial charge in [0.25, 0.3) is 0 Å². The molecule has 2 heterocycles. The first-order valence-electron chi connectivity index (χ1n) is 16.8.